The van der Waals surface area contributed by atoms with Crippen molar-refractivity contribution in [2.24, 2.45) is 0 Å². The van der Waals surface area contributed by atoms with Crippen LogP contribution in [0.25, 0.3) is 0 Å². The topological polar surface area (TPSA) is 26.7 Å². The molecule has 3 nitrogen and oxygen atoms in total. The van der Waals surface area contributed by atoms with Gasteiger partial charge in [0.15, 0.2) is 0 Å². The number of halogens is 1. The van der Waals surface area contributed by atoms with Gasteiger partial charge in [0.05, 0.1) is 5.60 Å². The van der Waals surface area contributed by atoms with Crippen molar-refractivity contribution in [3.8, 4) is 0 Å². The summed E-state index contributed by atoms with van der Waals surface area (Å²) in [6, 6.07) is 16.8. The number of rotatable bonds is 3. The minimum atomic E-state index is -0.779. The van der Waals surface area contributed by atoms with E-state index in [1.807, 2.05) is 26.0 Å². The van der Waals surface area contributed by atoms with Gasteiger partial charge in [0.1, 0.15) is 0 Å². The molecule has 3 rings (SSSR count). The van der Waals surface area contributed by atoms with Gasteiger partial charge < -0.3 is 14.9 Å². The predicted molar refractivity (Wildman–Crippen MR) is 100 cm³/mol. The molecule has 0 spiro atoms. The number of hydrogen-bond acceptors (Lipinski definition) is 3. The average Bonchev–Trinajstić information content (AvgIpc) is 2.55. The summed E-state index contributed by atoms with van der Waals surface area (Å²) in [6.45, 7) is 7.71. The van der Waals surface area contributed by atoms with Crippen molar-refractivity contribution >= 4 is 27.3 Å². The first-order valence-corrected chi connectivity index (χ1v) is 8.81. The fraction of sp³-hybridized carbons (Fsp3) is 0.368. The van der Waals surface area contributed by atoms with Crippen molar-refractivity contribution in [2.75, 3.05) is 36.0 Å². The Labute approximate surface area is 146 Å². The molecule has 0 aromatic heterocycles. The summed E-state index contributed by atoms with van der Waals surface area (Å²) in [6.07, 6.45) is 0. The van der Waals surface area contributed by atoms with Gasteiger partial charge in [-0.1, -0.05) is 28.1 Å². The smallest absolute Gasteiger partial charge is 0.0840 e. The molecule has 0 bridgehead atoms. The molecule has 0 atom stereocenters. The van der Waals surface area contributed by atoms with Crippen LogP contribution in [0, 0.1) is 0 Å². The van der Waals surface area contributed by atoms with Crippen LogP contribution in [0.15, 0.2) is 53.0 Å². The van der Waals surface area contributed by atoms with Crippen LogP contribution in [0.3, 0.4) is 0 Å². The molecule has 23 heavy (non-hydrogen) atoms. The van der Waals surface area contributed by atoms with Crippen molar-refractivity contribution in [3.05, 3.63) is 58.6 Å². The Morgan fingerprint density at radius 3 is 1.57 bits per heavy atom. The van der Waals surface area contributed by atoms with E-state index >= 15 is 0 Å². The molecule has 4 heteroatoms. The third kappa shape index (κ3) is 3.88. The second-order valence-corrected chi connectivity index (χ2v) is 7.47. The van der Waals surface area contributed by atoms with Crippen molar-refractivity contribution in [1.82, 2.24) is 0 Å². The normalized spacial score (nSPS) is 15.8. The van der Waals surface area contributed by atoms with Crippen molar-refractivity contribution in [2.45, 2.75) is 19.4 Å². The van der Waals surface area contributed by atoms with E-state index in [9.17, 15) is 5.11 Å². The lowest BCUT2D eigenvalue weighted by atomic mass is 9.98. The summed E-state index contributed by atoms with van der Waals surface area (Å²) in [5.74, 6) is 0. The lowest BCUT2D eigenvalue weighted by Crippen LogP contribution is -2.46. The number of anilines is 2. The summed E-state index contributed by atoms with van der Waals surface area (Å²) in [4.78, 5) is 4.83. The van der Waals surface area contributed by atoms with E-state index in [0.29, 0.717) is 0 Å². The molecule has 0 radical (unpaired) electrons. The Balaban J connectivity index is 1.63. The maximum atomic E-state index is 10.0. The molecule has 1 saturated heterocycles. The summed E-state index contributed by atoms with van der Waals surface area (Å²) >= 11 is 3.48. The van der Waals surface area contributed by atoms with Crippen LogP contribution in [-0.2, 0) is 5.60 Å². The Kier molecular flexibility index (Phi) is 4.64. The number of hydrogen-bond donors (Lipinski definition) is 1. The number of benzene rings is 2. The van der Waals surface area contributed by atoms with Gasteiger partial charge in [-0.25, -0.2) is 0 Å². The highest BCUT2D eigenvalue weighted by Gasteiger charge is 2.19. The van der Waals surface area contributed by atoms with E-state index in [-0.39, 0.29) is 0 Å². The van der Waals surface area contributed by atoms with Crippen LogP contribution in [0.4, 0.5) is 11.4 Å². The van der Waals surface area contributed by atoms with Crippen LogP contribution in [0.2, 0.25) is 0 Å². The quantitative estimate of drug-likeness (QED) is 0.879. The van der Waals surface area contributed by atoms with E-state index in [0.717, 1.165) is 36.2 Å². The first kappa shape index (κ1) is 16.3. The maximum Gasteiger partial charge on any atom is 0.0840 e. The molecule has 1 N–H and O–H groups in total. The number of aliphatic hydroxyl groups is 1. The minimum Gasteiger partial charge on any atom is -0.386 e. The minimum absolute atomic E-state index is 0.779. The molecule has 2 aromatic rings. The molecule has 0 aliphatic carbocycles. The first-order valence-electron chi connectivity index (χ1n) is 8.02. The summed E-state index contributed by atoms with van der Waals surface area (Å²) < 4.78 is 1.12. The molecule has 2 aromatic carbocycles. The highest BCUT2D eigenvalue weighted by Crippen LogP contribution is 2.25. The summed E-state index contributed by atoms with van der Waals surface area (Å²) in [5, 5.41) is 10.0. The second-order valence-electron chi connectivity index (χ2n) is 6.56. The van der Waals surface area contributed by atoms with Gasteiger partial charge in [-0.15, -0.1) is 0 Å². The Bertz CT molecular complexity index is 639. The monoisotopic (exact) mass is 374 g/mol. The summed E-state index contributed by atoms with van der Waals surface area (Å²) in [7, 11) is 0. The van der Waals surface area contributed by atoms with Gasteiger partial charge in [0.2, 0.25) is 0 Å². The molecular formula is C19H23BrN2O. The Hall–Kier alpha value is -1.52. The first-order chi connectivity index (χ1) is 10.9. The third-order valence-corrected chi connectivity index (χ3v) is 4.94. The maximum absolute atomic E-state index is 10.0. The lowest BCUT2D eigenvalue weighted by Gasteiger charge is -2.37. The van der Waals surface area contributed by atoms with Crippen molar-refractivity contribution in [1.29, 1.82) is 0 Å². The lowest BCUT2D eigenvalue weighted by molar-refractivity contribution is 0.0786. The van der Waals surface area contributed by atoms with Crippen LogP contribution in [-0.4, -0.2) is 31.3 Å². The van der Waals surface area contributed by atoms with Crippen LogP contribution in [0.1, 0.15) is 19.4 Å². The third-order valence-electron chi connectivity index (χ3n) is 4.41. The molecule has 122 valence electrons. The zero-order valence-electron chi connectivity index (χ0n) is 13.7. The van der Waals surface area contributed by atoms with Crippen LogP contribution < -0.4 is 9.80 Å². The molecule has 1 aliphatic heterocycles. The zero-order valence-corrected chi connectivity index (χ0v) is 15.3. The second kappa shape index (κ2) is 6.54. The highest BCUT2D eigenvalue weighted by atomic mass is 79.9. The fourth-order valence-electron chi connectivity index (χ4n) is 2.95. The fourth-order valence-corrected chi connectivity index (χ4v) is 3.22. The van der Waals surface area contributed by atoms with Gasteiger partial charge >= 0.3 is 0 Å². The standard InChI is InChI=1S/C19H23BrN2O/c1-19(2,23)15-3-7-17(8-4-15)21-11-13-22(14-12-21)18-9-5-16(20)6-10-18/h3-10,23H,11-14H2,1-2H3. The largest absolute Gasteiger partial charge is 0.386 e. The van der Waals surface area contributed by atoms with E-state index < -0.39 is 5.60 Å². The molecular weight excluding hydrogens is 352 g/mol. The average molecular weight is 375 g/mol. The Morgan fingerprint density at radius 2 is 1.17 bits per heavy atom. The van der Waals surface area contributed by atoms with Gasteiger partial charge in [-0.3, -0.25) is 0 Å². The summed E-state index contributed by atoms with van der Waals surface area (Å²) in [5.41, 5.74) is 2.69. The van der Waals surface area contributed by atoms with E-state index in [2.05, 4.69) is 62.1 Å². The number of piperazine rings is 1. The van der Waals surface area contributed by atoms with Crippen molar-refractivity contribution < 1.29 is 5.11 Å². The van der Waals surface area contributed by atoms with E-state index in [4.69, 9.17) is 0 Å². The van der Waals surface area contributed by atoms with E-state index in [1.54, 1.807) is 0 Å². The van der Waals surface area contributed by atoms with Gasteiger partial charge in [-0.2, -0.15) is 0 Å². The molecule has 1 fully saturated rings. The molecule has 1 heterocycles. The van der Waals surface area contributed by atoms with Crippen LogP contribution in [0.5, 0.6) is 0 Å². The molecule has 0 saturated carbocycles. The zero-order chi connectivity index (χ0) is 16.4. The molecule has 1 aliphatic rings. The molecule has 0 amide bonds. The Morgan fingerprint density at radius 1 is 0.783 bits per heavy atom. The van der Waals surface area contributed by atoms with E-state index in [1.165, 1.54) is 11.4 Å². The van der Waals surface area contributed by atoms with Gasteiger partial charge in [0, 0.05) is 42.0 Å². The van der Waals surface area contributed by atoms with Gasteiger partial charge in [-0.05, 0) is 55.8 Å². The SMILES string of the molecule is CC(C)(O)c1ccc(N2CCN(c3ccc(Br)cc3)CC2)cc1. The van der Waals surface area contributed by atoms with Crippen molar-refractivity contribution in [3.63, 3.8) is 0 Å². The van der Waals surface area contributed by atoms with Gasteiger partial charge in [0.25, 0.3) is 0 Å². The number of nitrogens with zero attached hydrogens (tertiary/aromatic N) is 2. The van der Waals surface area contributed by atoms with Crippen LogP contribution >= 0.6 is 15.9 Å². The predicted octanol–water partition coefficient (Wildman–Crippen LogP) is 4.00. The molecule has 0 unspecified atom stereocenters. The highest BCUT2D eigenvalue weighted by molar-refractivity contribution is 9.10.